The normalized spacial score (nSPS) is 19.4. The summed E-state index contributed by atoms with van der Waals surface area (Å²) in [6, 6.07) is 6.54. The standard InChI is InChI=1S/C20H21FN4O2/c1-11(26)23-14-5-3-12(9-14)19-24-18-16(7-8-22-20(18)25-19)15-6-4-13(21)10-17(15)27-2/h4,6-8,10,12,14H,3,5,9H2,1-2H3,(H,23,26)(H,22,24,25). The maximum Gasteiger partial charge on any atom is 0.217 e. The molecule has 1 fully saturated rings. The average molecular weight is 368 g/mol. The zero-order valence-corrected chi connectivity index (χ0v) is 15.3. The number of nitrogens with one attached hydrogen (secondary N) is 2. The molecule has 0 aliphatic heterocycles. The molecule has 140 valence electrons. The second kappa shape index (κ2) is 6.98. The Bertz CT molecular complexity index is 1000. The van der Waals surface area contributed by atoms with E-state index in [1.165, 1.54) is 19.2 Å². The number of fused-ring (bicyclic) bond motifs is 1. The second-order valence-corrected chi connectivity index (χ2v) is 6.93. The number of rotatable bonds is 4. The fourth-order valence-electron chi connectivity index (χ4n) is 3.88. The number of pyridine rings is 1. The molecule has 3 aromatic rings. The highest BCUT2D eigenvalue weighted by molar-refractivity contribution is 5.91. The summed E-state index contributed by atoms with van der Waals surface area (Å²) in [4.78, 5) is 23.7. The van der Waals surface area contributed by atoms with Gasteiger partial charge in [-0.05, 0) is 37.5 Å². The number of nitrogens with zero attached hydrogens (tertiary/aromatic N) is 2. The first kappa shape index (κ1) is 17.5. The first-order valence-corrected chi connectivity index (χ1v) is 9.00. The van der Waals surface area contributed by atoms with Crippen molar-refractivity contribution < 1.29 is 13.9 Å². The minimum absolute atomic E-state index is 0.00221. The lowest BCUT2D eigenvalue weighted by atomic mass is 10.0. The summed E-state index contributed by atoms with van der Waals surface area (Å²) in [7, 11) is 1.52. The van der Waals surface area contributed by atoms with Crippen LogP contribution in [0.1, 0.15) is 37.9 Å². The van der Waals surface area contributed by atoms with E-state index in [-0.39, 0.29) is 23.7 Å². The van der Waals surface area contributed by atoms with Crippen molar-refractivity contribution in [3.63, 3.8) is 0 Å². The number of hydrogen-bond donors (Lipinski definition) is 2. The van der Waals surface area contributed by atoms with Gasteiger partial charge in [0.05, 0.1) is 12.6 Å². The maximum atomic E-state index is 13.6. The summed E-state index contributed by atoms with van der Waals surface area (Å²) in [6.45, 7) is 1.54. The van der Waals surface area contributed by atoms with Crippen molar-refractivity contribution in [2.45, 2.75) is 38.1 Å². The number of H-pyrrole nitrogens is 1. The third kappa shape index (κ3) is 3.37. The first-order valence-electron chi connectivity index (χ1n) is 9.00. The van der Waals surface area contributed by atoms with Crippen LogP contribution in [0.3, 0.4) is 0 Å². The molecule has 2 N–H and O–H groups in total. The van der Waals surface area contributed by atoms with Crippen LogP contribution in [0.25, 0.3) is 22.3 Å². The number of imidazole rings is 1. The molecule has 1 aliphatic rings. The number of aromatic amines is 1. The second-order valence-electron chi connectivity index (χ2n) is 6.93. The van der Waals surface area contributed by atoms with Crippen LogP contribution in [-0.4, -0.2) is 34.0 Å². The van der Waals surface area contributed by atoms with Gasteiger partial charge in [0.1, 0.15) is 17.4 Å². The smallest absolute Gasteiger partial charge is 0.217 e. The lowest BCUT2D eigenvalue weighted by molar-refractivity contribution is -0.119. The van der Waals surface area contributed by atoms with Gasteiger partial charge in [0, 0.05) is 42.3 Å². The zero-order valence-electron chi connectivity index (χ0n) is 15.3. The van der Waals surface area contributed by atoms with Crippen molar-refractivity contribution >= 4 is 17.1 Å². The summed E-state index contributed by atoms with van der Waals surface area (Å²) in [5.41, 5.74) is 3.08. The number of halogens is 1. The molecule has 0 bridgehead atoms. The van der Waals surface area contributed by atoms with Gasteiger partial charge in [0.25, 0.3) is 0 Å². The van der Waals surface area contributed by atoms with Crippen molar-refractivity contribution in [1.29, 1.82) is 0 Å². The summed E-state index contributed by atoms with van der Waals surface area (Å²) < 4.78 is 18.9. The topological polar surface area (TPSA) is 79.9 Å². The minimum Gasteiger partial charge on any atom is -0.496 e. The van der Waals surface area contributed by atoms with Crippen LogP contribution in [0.4, 0.5) is 4.39 Å². The quantitative estimate of drug-likeness (QED) is 0.738. The zero-order chi connectivity index (χ0) is 19.0. The van der Waals surface area contributed by atoms with E-state index in [4.69, 9.17) is 4.74 Å². The monoisotopic (exact) mass is 368 g/mol. The van der Waals surface area contributed by atoms with Gasteiger partial charge in [-0.3, -0.25) is 4.79 Å². The van der Waals surface area contributed by atoms with Crippen LogP contribution in [0.2, 0.25) is 0 Å². The van der Waals surface area contributed by atoms with Gasteiger partial charge in [-0.15, -0.1) is 0 Å². The summed E-state index contributed by atoms with van der Waals surface area (Å²) >= 11 is 0. The van der Waals surface area contributed by atoms with E-state index in [0.717, 1.165) is 41.7 Å². The molecule has 1 aliphatic carbocycles. The SMILES string of the molecule is COc1cc(F)ccc1-c1ccnc2nc(C3CCC(NC(C)=O)C3)[nH]c12. The van der Waals surface area contributed by atoms with Crippen molar-refractivity contribution in [2.75, 3.05) is 7.11 Å². The molecule has 2 unspecified atom stereocenters. The van der Waals surface area contributed by atoms with Gasteiger partial charge >= 0.3 is 0 Å². The van der Waals surface area contributed by atoms with Gasteiger partial charge in [-0.25, -0.2) is 14.4 Å². The number of aromatic nitrogens is 3. The number of carbonyl (C=O) groups excluding carboxylic acids is 1. The molecule has 2 aromatic heterocycles. The van der Waals surface area contributed by atoms with Crippen LogP contribution in [0, 0.1) is 5.82 Å². The first-order chi connectivity index (χ1) is 13.0. The molecule has 7 heteroatoms. The van der Waals surface area contributed by atoms with Gasteiger partial charge in [-0.1, -0.05) is 0 Å². The molecule has 27 heavy (non-hydrogen) atoms. The lowest BCUT2D eigenvalue weighted by Crippen LogP contribution is -2.30. The molecule has 2 heterocycles. The van der Waals surface area contributed by atoms with Crippen LogP contribution in [0.5, 0.6) is 5.75 Å². The fourth-order valence-corrected chi connectivity index (χ4v) is 3.88. The van der Waals surface area contributed by atoms with E-state index in [1.807, 2.05) is 6.07 Å². The van der Waals surface area contributed by atoms with E-state index in [9.17, 15) is 9.18 Å². The third-order valence-corrected chi connectivity index (χ3v) is 5.09. The molecule has 0 spiro atoms. The Morgan fingerprint density at radius 2 is 2.15 bits per heavy atom. The van der Waals surface area contributed by atoms with Crippen LogP contribution in [-0.2, 0) is 4.79 Å². The predicted octanol–water partition coefficient (Wildman–Crippen LogP) is 3.54. The minimum atomic E-state index is -0.346. The fraction of sp³-hybridized carbons (Fsp3) is 0.350. The highest BCUT2D eigenvalue weighted by atomic mass is 19.1. The Hall–Kier alpha value is -2.96. The number of ether oxygens (including phenoxy) is 1. The Morgan fingerprint density at radius 1 is 1.30 bits per heavy atom. The number of amides is 1. The number of methoxy groups -OCH3 is 1. The maximum absolute atomic E-state index is 13.6. The van der Waals surface area contributed by atoms with E-state index in [1.54, 1.807) is 19.2 Å². The van der Waals surface area contributed by atoms with Gasteiger partial charge in [0.2, 0.25) is 5.91 Å². The van der Waals surface area contributed by atoms with Crippen molar-refractivity contribution in [2.24, 2.45) is 0 Å². The third-order valence-electron chi connectivity index (χ3n) is 5.09. The molecule has 4 rings (SSSR count). The predicted molar refractivity (Wildman–Crippen MR) is 100 cm³/mol. The molecule has 1 aromatic carbocycles. The molecular formula is C20H21FN4O2. The highest BCUT2D eigenvalue weighted by Gasteiger charge is 2.29. The number of carbonyl (C=O) groups is 1. The van der Waals surface area contributed by atoms with E-state index in [0.29, 0.717) is 11.4 Å². The lowest BCUT2D eigenvalue weighted by Gasteiger charge is -2.10. The largest absolute Gasteiger partial charge is 0.496 e. The summed E-state index contributed by atoms with van der Waals surface area (Å²) in [5.74, 6) is 1.24. The highest BCUT2D eigenvalue weighted by Crippen LogP contribution is 2.37. The van der Waals surface area contributed by atoms with Gasteiger partial charge in [0.15, 0.2) is 5.65 Å². The van der Waals surface area contributed by atoms with E-state index in [2.05, 4.69) is 20.3 Å². The van der Waals surface area contributed by atoms with Crippen LogP contribution < -0.4 is 10.1 Å². The van der Waals surface area contributed by atoms with Crippen LogP contribution in [0.15, 0.2) is 30.5 Å². The molecule has 6 nitrogen and oxygen atoms in total. The molecule has 2 atom stereocenters. The Morgan fingerprint density at radius 3 is 2.93 bits per heavy atom. The van der Waals surface area contributed by atoms with Crippen molar-refractivity contribution in [3.8, 4) is 16.9 Å². The van der Waals surface area contributed by atoms with Crippen molar-refractivity contribution in [3.05, 3.63) is 42.1 Å². The Labute approximate surface area is 156 Å². The van der Waals surface area contributed by atoms with E-state index >= 15 is 0 Å². The Kier molecular flexibility index (Phi) is 4.51. The van der Waals surface area contributed by atoms with Crippen molar-refractivity contribution in [1.82, 2.24) is 20.3 Å². The van der Waals surface area contributed by atoms with Gasteiger partial charge < -0.3 is 15.0 Å². The molecule has 1 amide bonds. The Balaban J connectivity index is 1.70. The van der Waals surface area contributed by atoms with Gasteiger partial charge in [-0.2, -0.15) is 0 Å². The summed E-state index contributed by atoms with van der Waals surface area (Å²) in [5, 5.41) is 2.98. The molecule has 0 radical (unpaired) electrons. The van der Waals surface area contributed by atoms with Crippen LogP contribution >= 0.6 is 0 Å². The molecular weight excluding hydrogens is 347 g/mol. The average Bonchev–Trinajstić information content (AvgIpc) is 3.27. The van der Waals surface area contributed by atoms with E-state index < -0.39 is 0 Å². The number of benzene rings is 1. The molecule has 1 saturated carbocycles. The number of hydrogen-bond acceptors (Lipinski definition) is 4. The molecule has 0 saturated heterocycles. The summed E-state index contributed by atoms with van der Waals surface area (Å²) in [6.07, 6.45) is 4.45.